The molecule has 0 unspecified atom stereocenters. The molecule has 0 heterocycles. The molecule has 0 aliphatic rings. The van der Waals surface area contributed by atoms with Crippen molar-refractivity contribution in [2.75, 3.05) is 33.0 Å². The summed E-state index contributed by atoms with van der Waals surface area (Å²) in [5.74, 6) is -1.01. The molecule has 4 aromatic rings. The fourth-order valence-corrected chi connectivity index (χ4v) is 5.58. The summed E-state index contributed by atoms with van der Waals surface area (Å²) in [5, 5.41) is 0. The third kappa shape index (κ3) is 18.2. The van der Waals surface area contributed by atoms with Gasteiger partial charge in [0, 0.05) is 18.2 Å². The van der Waals surface area contributed by atoms with E-state index in [-0.39, 0.29) is 6.61 Å². The maximum atomic E-state index is 13.1. The molecule has 12 heteroatoms. The highest BCUT2D eigenvalue weighted by Crippen LogP contribution is 2.22. The first-order chi connectivity index (χ1) is 29.7. The van der Waals surface area contributed by atoms with Crippen molar-refractivity contribution in [1.29, 1.82) is 0 Å². The lowest BCUT2D eigenvalue weighted by Gasteiger charge is -2.18. The smallest absolute Gasteiger partial charge is 0.343 e. The van der Waals surface area contributed by atoms with Crippen LogP contribution >= 0.6 is 0 Å². The number of hydrogen-bond donors (Lipinski definition) is 0. The average molecular weight is 833 g/mol. The van der Waals surface area contributed by atoms with Gasteiger partial charge in [-0.1, -0.05) is 55.6 Å². The maximum absolute atomic E-state index is 13.1. The van der Waals surface area contributed by atoms with Crippen molar-refractivity contribution in [2.45, 2.75) is 57.5 Å². The second kappa shape index (κ2) is 26.9. The summed E-state index contributed by atoms with van der Waals surface area (Å²) in [5.41, 5.74) is 1.99. The molecule has 0 aliphatic carbocycles. The van der Waals surface area contributed by atoms with Crippen molar-refractivity contribution in [3.8, 4) is 17.2 Å². The Morgan fingerprint density at radius 3 is 1.48 bits per heavy atom. The summed E-state index contributed by atoms with van der Waals surface area (Å²) < 4.78 is 38.3. The van der Waals surface area contributed by atoms with Gasteiger partial charge in [0.05, 0.1) is 37.6 Å². The zero-order chi connectivity index (χ0) is 43.5. The van der Waals surface area contributed by atoms with Gasteiger partial charge in [-0.15, -0.1) is 0 Å². The summed E-state index contributed by atoms with van der Waals surface area (Å²) in [7, 11) is 0. The third-order valence-corrected chi connectivity index (χ3v) is 8.92. The second-order valence-electron chi connectivity index (χ2n) is 13.5. The predicted molar refractivity (Wildman–Crippen MR) is 229 cm³/mol. The topological polar surface area (TPSA) is 150 Å². The molecule has 0 aliphatic heterocycles. The number of esters is 5. The van der Waals surface area contributed by atoms with Crippen LogP contribution < -0.4 is 14.2 Å². The SMILES string of the molecule is C=CC(=O)OCCCCCCOc1ccc(C(=O)Oc2ccc(/C=C/C(=O)OC[C@H](OC(=O)c3ccc(OCCCCCCOC(=O)C=C)cc3)c3ccccc3)cc2)cc1. The van der Waals surface area contributed by atoms with E-state index in [1.807, 2.05) is 6.07 Å². The number of carbonyl (C=O) groups is 5. The minimum Gasteiger partial charge on any atom is -0.494 e. The summed E-state index contributed by atoms with van der Waals surface area (Å²) >= 11 is 0. The number of rotatable bonds is 27. The van der Waals surface area contributed by atoms with Crippen molar-refractivity contribution in [3.05, 3.63) is 157 Å². The molecule has 0 fully saturated rings. The van der Waals surface area contributed by atoms with Crippen molar-refractivity contribution >= 4 is 35.9 Å². The lowest BCUT2D eigenvalue weighted by Crippen LogP contribution is -2.18. The van der Waals surface area contributed by atoms with Crippen LogP contribution in [-0.2, 0) is 33.3 Å². The Kier molecular flexibility index (Phi) is 20.6. The molecular weight excluding hydrogens is 781 g/mol. The van der Waals surface area contributed by atoms with Crippen LogP contribution in [0.2, 0.25) is 0 Å². The van der Waals surface area contributed by atoms with E-state index in [0.29, 0.717) is 65.9 Å². The third-order valence-electron chi connectivity index (χ3n) is 8.92. The summed E-state index contributed by atoms with van der Waals surface area (Å²) in [6, 6.07) is 28.9. The molecule has 61 heavy (non-hydrogen) atoms. The second-order valence-corrected chi connectivity index (χ2v) is 13.5. The molecule has 4 rings (SSSR count). The van der Waals surface area contributed by atoms with Gasteiger partial charge in [0.25, 0.3) is 0 Å². The van der Waals surface area contributed by atoms with Crippen molar-refractivity contribution < 1.29 is 57.1 Å². The molecule has 12 nitrogen and oxygen atoms in total. The molecule has 0 spiro atoms. The van der Waals surface area contributed by atoms with E-state index in [4.69, 9.17) is 33.2 Å². The van der Waals surface area contributed by atoms with Crippen molar-refractivity contribution in [2.24, 2.45) is 0 Å². The Morgan fingerprint density at radius 1 is 0.492 bits per heavy atom. The quantitative estimate of drug-likeness (QED) is 0.0185. The highest BCUT2D eigenvalue weighted by molar-refractivity contribution is 5.91. The molecule has 0 saturated heterocycles. The van der Waals surface area contributed by atoms with Crippen molar-refractivity contribution in [3.63, 3.8) is 0 Å². The molecule has 320 valence electrons. The number of ether oxygens (including phenoxy) is 7. The largest absolute Gasteiger partial charge is 0.494 e. The molecule has 0 aromatic heterocycles. The summed E-state index contributed by atoms with van der Waals surface area (Å²) in [4.78, 5) is 60.7. The van der Waals surface area contributed by atoms with Crippen LogP contribution in [0.15, 0.2) is 135 Å². The van der Waals surface area contributed by atoms with Gasteiger partial charge in [0.1, 0.15) is 23.9 Å². The molecule has 0 amide bonds. The first kappa shape index (κ1) is 46.7. The van der Waals surface area contributed by atoms with Crippen LogP contribution in [0.25, 0.3) is 6.08 Å². The first-order valence-corrected chi connectivity index (χ1v) is 20.2. The van der Waals surface area contributed by atoms with Crippen LogP contribution in [0, 0.1) is 0 Å². The molecule has 4 aromatic carbocycles. The first-order valence-electron chi connectivity index (χ1n) is 20.2. The van der Waals surface area contributed by atoms with Gasteiger partial charge >= 0.3 is 29.8 Å². The molecule has 0 N–H and O–H groups in total. The van der Waals surface area contributed by atoms with E-state index in [2.05, 4.69) is 13.2 Å². The van der Waals surface area contributed by atoms with E-state index in [1.165, 1.54) is 6.08 Å². The van der Waals surface area contributed by atoms with Gasteiger partial charge in [-0.3, -0.25) is 0 Å². The number of unbranched alkanes of at least 4 members (excludes halogenated alkanes) is 6. The minimum atomic E-state index is -0.857. The Bertz CT molecular complexity index is 2020. The highest BCUT2D eigenvalue weighted by atomic mass is 16.6. The van der Waals surface area contributed by atoms with E-state index in [0.717, 1.165) is 63.5 Å². The zero-order valence-electron chi connectivity index (χ0n) is 34.2. The lowest BCUT2D eigenvalue weighted by molar-refractivity contribution is -0.141. The van der Waals surface area contributed by atoms with E-state index < -0.39 is 36.0 Å². The van der Waals surface area contributed by atoms with Crippen LogP contribution in [0.4, 0.5) is 0 Å². The van der Waals surface area contributed by atoms with Crippen LogP contribution in [0.1, 0.15) is 89.3 Å². The zero-order valence-corrected chi connectivity index (χ0v) is 34.2. The standard InChI is InChI=1S/C49H52O12/c1-3-45(50)57-34-14-7-5-12-32-55-41-27-21-39(22-28-41)48(53)60-43-25-18-37(19-26-43)20-31-47(52)59-36-44(38-16-10-9-11-17-38)61-49(54)40-23-29-42(30-24-40)56-33-13-6-8-15-35-58-46(51)4-2/h3-4,9-11,16-31,44H,1-2,5-8,12-15,32-36H2/b31-20+/t44-/m0/s1. The minimum absolute atomic E-state index is 0.212. The van der Waals surface area contributed by atoms with E-state index in [9.17, 15) is 24.0 Å². The van der Waals surface area contributed by atoms with Gasteiger partial charge in [-0.05, 0) is 129 Å². The normalized spacial score (nSPS) is 11.1. The molecular formula is C49H52O12. The summed E-state index contributed by atoms with van der Waals surface area (Å²) in [6.07, 6.45) is 11.2. The van der Waals surface area contributed by atoms with E-state index in [1.54, 1.807) is 103 Å². The fourth-order valence-electron chi connectivity index (χ4n) is 5.58. The monoisotopic (exact) mass is 832 g/mol. The van der Waals surface area contributed by atoms with Gasteiger partial charge in [0.15, 0.2) is 6.10 Å². The van der Waals surface area contributed by atoms with Crippen molar-refractivity contribution in [1.82, 2.24) is 0 Å². The molecule has 0 radical (unpaired) electrons. The molecule has 0 bridgehead atoms. The predicted octanol–water partition coefficient (Wildman–Crippen LogP) is 9.40. The van der Waals surface area contributed by atoms with Crippen LogP contribution in [-0.4, -0.2) is 62.9 Å². The number of hydrogen-bond acceptors (Lipinski definition) is 12. The Morgan fingerprint density at radius 2 is 0.967 bits per heavy atom. The van der Waals surface area contributed by atoms with Crippen LogP contribution in [0.3, 0.4) is 0 Å². The van der Waals surface area contributed by atoms with Gasteiger partial charge in [-0.2, -0.15) is 0 Å². The van der Waals surface area contributed by atoms with Gasteiger partial charge in [-0.25, -0.2) is 24.0 Å². The molecule has 0 saturated carbocycles. The Balaban J connectivity index is 1.17. The van der Waals surface area contributed by atoms with Gasteiger partial charge < -0.3 is 33.2 Å². The maximum Gasteiger partial charge on any atom is 0.343 e. The Labute approximate surface area is 356 Å². The van der Waals surface area contributed by atoms with Crippen LogP contribution in [0.5, 0.6) is 17.2 Å². The average Bonchev–Trinajstić information content (AvgIpc) is 3.29. The highest BCUT2D eigenvalue weighted by Gasteiger charge is 2.20. The fraction of sp³-hybridized carbons (Fsp3) is 0.286. The lowest BCUT2D eigenvalue weighted by atomic mass is 10.1. The number of carbonyl (C=O) groups excluding carboxylic acids is 5. The molecule has 1 atom stereocenters. The van der Waals surface area contributed by atoms with E-state index >= 15 is 0 Å². The number of benzene rings is 4. The summed E-state index contributed by atoms with van der Waals surface area (Å²) in [6.45, 7) is 8.30. The van der Waals surface area contributed by atoms with Gasteiger partial charge in [0.2, 0.25) is 0 Å². The Hall–Kier alpha value is -6.95.